The second-order valence-corrected chi connectivity index (χ2v) is 23.2. The zero-order chi connectivity index (χ0) is 57.4. The Bertz CT molecular complexity index is 1650. The van der Waals surface area contributed by atoms with E-state index in [1.165, 1.54) is 164 Å². The summed E-state index contributed by atoms with van der Waals surface area (Å²) in [5.74, 6) is 0.351. The summed E-state index contributed by atoms with van der Waals surface area (Å²) in [7, 11) is 0. The molecule has 476 valence electrons. The third-order valence-corrected chi connectivity index (χ3v) is 16.4. The molecule has 0 aliphatic carbocycles. The fourth-order valence-electron chi connectivity index (χ4n) is 10.6. The van der Waals surface area contributed by atoms with Gasteiger partial charge >= 0.3 is 41.5 Å². The van der Waals surface area contributed by atoms with Gasteiger partial charge in [-0.15, -0.1) is 23.2 Å². The van der Waals surface area contributed by atoms with Gasteiger partial charge in [-0.2, -0.15) is 0 Å². The van der Waals surface area contributed by atoms with Gasteiger partial charge < -0.3 is 65.7 Å². The van der Waals surface area contributed by atoms with Crippen LogP contribution in [0.25, 0.3) is 0 Å². The van der Waals surface area contributed by atoms with Crippen molar-refractivity contribution < 1.29 is 114 Å². The molecule has 0 unspecified atom stereocenters. The van der Waals surface area contributed by atoms with Gasteiger partial charge in [-0.3, -0.25) is 19.2 Å². The molecule has 2 rings (SSSR count). The second-order valence-electron chi connectivity index (χ2n) is 22.4. The van der Waals surface area contributed by atoms with Crippen LogP contribution in [0, 0.1) is 27.7 Å². The van der Waals surface area contributed by atoms with Crippen molar-refractivity contribution in [2.75, 3.05) is 70.9 Å². The number of aryl methyl sites for hydroxylation is 4. The number of esters is 2. The molecule has 0 spiro atoms. The molecule has 0 amide bonds. The van der Waals surface area contributed by atoms with E-state index in [0.717, 1.165) is 63.0 Å². The van der Waals surface area contributed by atoms with Crippen molar-refractivity contribution >= 4 is 46.7 Å². The van der Waals surface area contributed by atoms with E-state index in [9.17, 15) is 19.2 Å². The molecule has 2 aromatic carbocycles. The number of hydrogen-bond acceptors (Lipinski definition) is 7. The van der Waals surface area contributed by atoms with Crippen molar-refractivity contribution in [3.63, 3.8) is 0 Å². The topological polar surface area (TPSA) is 117 Å². The summed E-state index contributed by atoms with van der Waals surface area (Å²) >= 11 is 9.53. The quantitative estimate of drug-likeness (QED) is 0.0269. The molecule has 0 aromatic heterocycles. The third-order valence-electron chi connectivity index (χ3n) is 16.4. The third kappa shape index (κ3) is 47.3. The maximum atomic E-state index is 13.0. The Labute approximate surface area is 559 Å². The standard InChI is InChI=1S/2C33H58NO3.CH2Cl2.BrH.2ClH.Na.H2O/c2*1-6-9-10-11-12-13-14-15-16-17-18-19-20-24-33(36)37-26-25-34(7-2,8-3)28-31(35)27-32-29(4)22-21-23-30(32)5;2-1-3;;;;;/h2*21-23H,6-20,24-28H2,1-5H3;1H2;3*1H;;1H2/q2*+1;;;;;+1;/p-4. The van der Waals surface area contributed by atoms with Gasteiger partial charge in [0.15, 0.2) is 11.6 Å². The van der Waals surface area contributed by atoms with Crippen molar-refractivity contribution in [3.8, 4) is 0 Å². The van der Waals surface area contributed by atoms with E-state index in [2.05, 4.69) is 93.5 Å². The molecule has 0 heterocycles. The Balaban J connectivity index is -0.000000317. The van der Waals surface area contributed by atoms with Crippen LogP contribution < -0.4 is 71.4 Å². The molecule has 0 saturated heterocycles. The van der Waals surface area contributed by atoms with Crippen molar-refractivity contribution in [2.24, 2.45) is 0 Å². The number of halogens is 5. The van der Waals surface area contributed by atoms with E-state index >= 15 is 0 Å². The van der Waals surface area contributed by atoms with E-state index < -0.39 is 0 Å². The maximum Gasteiger partial charge on any atom is 1.00 e. The van der Waals surface area contributed by atoms with Gasteiger partial charge in [0.25, 0.3) is 0 Å². The summed E-state index contributed by atoms with van der Waals surface area (Å²) in [5.41, 5.74) is 7.04. The number of nitrogens with zero attached hydrogens (tertiary/aromatic N) is 2. The van der Waals surface area contributed by atoms with E-state index in [4.69, 9.17) is 32.7 Å². The van der Waals surface area contributed by atoms with Crippen LogP contribution in [0.15, 0.2) is 36.4 Å². The van der Waals surface area contributed by atoms with Crippen LogP contribution in [-0.4, -0.2) is 109 Å². The molecular weight excluding hydrogens is 1190 g/mol. The molecule has 9 nitrogen and oxygen atoms in total. The predicted octanol–water partition coefficient (Wildman–Crippen LogP) is 5.85. The Morgan fingerprint density at radius 2 is 0.634 bits per heavy atom. The first-order valence-corrected chi connectivity index (χ1v) is 32.5. The number of Topliss-reactive ketones (excluding diaryl/α,β-unsaturated/α-hetero) is 2. The average molecular weight is 1310 g/mol. The number of unbranched alkanes of at least 4 members (excludes halogenated alkanes) is 24. The van der Waals surface area contributed by atoms with Crippen LogP contribution in [-0.2, 0) is 41.5 Å². The number of likely N-dealkylation sites (N-methyl/N-ethyl adjacent to an activating group) is 2. The van der Waals surface area contributed by atoms with Crippen molar-refractivity contribution in [3.05, 3.63) is 69.8 Å². The van der Waals surface area contributed by atoms with Crippen LogP contribution in [0.3, 0.4) is 0 Å². The van der Waals surface area contributed by atoms with Crippen LogP contribution in [0.1, 0.15) is 255 Å². The molecule has 82 heavy (non-hydrogen) atoms. The van der Waals surface area contributed by atoms with Crippen molar-refractivity contribution in [1.29, 1.82) is 0 Å². The maximum absolute atomic E-state index is 13.0. The minimum absolute atomic E-state index is 0. The first-order valence-electron chi connectivity index (χ1n) is 31.4. The Morgan fingerprint density at radius 3 is 0.854 bits per heavy atom. The minimum Gasteiger partial charge on any atom is -1.00 e. The summed E-state index contributed by atoms with van der Waals surface area (Å²) in [5, 5.41) is 0.194. The van der Waals surface area contributed by atoms with Gasteiger partial charge in [-0.25, -0.2) is 0 Å². The van der Waals surface area contributed by atoms with Gasteiger partial charge in [-0.1, -0.05) is 204 Å². The van der Waals surface area contributed by atoms with Gasteiger partial charge in [0.1, 0.15) is 39.4 Å². The number of benzene rings is 2. The SMILES string of the molecule is CCCCCCCCCCCCCCCC(=O)OCC[N+](CC)(CC)CC(=O)Cc1c(C)cccc1C.CCCCCCCCCCCCCCCC(=O)OCC[N+](CC)(CC)CC(=O)Cc1c(C)cccc1C.ClCCl.[Br-].[Cl-].[Cl-].[Na+].[OH-]. The molecule has 15 heteroatoms. The van der Waals surface area contributed by atoms with E-state index in [1.807, 2.05) is 12.1 Å². The number of hydrogen-bond donors (Lipinski definition) is 0. The predicted molar refractivity (Wildman–Crippen MR) is 332 cm³/mol. The summed E-state index contributed by atoms with van der Waals surface area (Å²) in [6, 6.07) is 12.4. The first kappa shape index (κ1) is 92.4. The fourth-order valence-corrected chi connectivity index (χ4v) is 10.6. The summed E-state index contributed by atoms with van der Waals surface area (Å²) in [6.45, 7) is 28.0. The molecule has 0 atom stereocenters. The van der Waals surface area contributed by atoms with Gasteiger partial charge in [0.2, 0.25) is 0 Å². The average Bonchev–Trinajstić information content (AvgIpc) is 3.41. The Hall–Kier alpha value is -0.760. The van der Waals surface area contributed by atoms with Crippen LogP contribution in [0.5, 0.6) is 0 Å². The molecule has 0 saturated carbocycles. The van der Waals surface area contributed by atoms with Crippen LogP contribution in [0.4, 0.5) is 0 Å². The van der Waals surface area contributed by atoms with Crippen molar-refractivity contribution in [1.82, 2.24) is 0 Å². The summed E-state index contributed by atoms with van der Waals surface area (Å²) in [4.78, 5) is 50.4. The van der Waals surface area contributed by atoms with Crippen molar-refractivity contribution in [2.45, 2.75) is 262 Å². The molecule has 1 N–H and O–H groups in total. The Kier molecular flexibility index (Phi) is 69.7. The fraction of sp³-hybridized carbons (Fsp3) is 0.761. The second kappa shape index (κ2) is 61.9. The van der Waals surface area contributed by atoms with Gasteiger partial charge in [0, 0.05) is 25.7 Å². The van der Waals surface area contributed by atoms with Crippen LogP contribution >= 0.6 is 23.2 Å². The molecule has 0 fully saturated rings. The summed E-state index contributed by atoms with van der Waals surface area (Å²) in [6.07, 6.45) is 35.9. The molecule has 2 aromatic rings. The van der Waals surface area contributed by atoms with Gasteiger partial charge in [-0.05, 0) is 102 Å². The monoisotopic (exact) mass is 1310 g/mol. The molecular formula is C67H119BrCl4N2NaO7-. The number of ether oxygens (including phenoxy) is 2. The number of carbonyl (C=O) groups is 4. The normalized spacial score (nSPS) is 10.7. The number of carbonyl (C=O) groups excluding carboxylic acids is 4. The number of quaternary nitrogens is 2. The smallest absolute Gasteiger partial charge is 1.00 e. The van der Waals surface area contributed by atoms with E-state index in [-0.39, 0.29) is 106 Å². The first-order chi connectivity index (χ1) is 37.2. The molecule has 0 bridgehead atoms. The summed E-state index contributed by atoms with van der Waals surface area (Å²) < 4.78 is 12.5. The largest absolute Gasteiger partial charge is 1.00 e. The zero-order valence-electron chi connectivity index (χ0n) is 54.1. The van der Waals surface area contributed by atoms with Gasteiger partial charge in [0.05, 0.1) is 31.5 Å². The number of alkyl halides is 2. The molecule has 0 aliphatic rings. The molecule has 0 aliphatic heterocycles. The zero-order valence-corrected chi connectivity index (χ0v) is 60.7. The number of rotatable bonds is 46. The van der Waals surface area contributed by atoms with E-state index in [0.29, 0.717) is 74.0 Å². The van der Waals surface area contributed by atoms with E-state index in [1.54, 1.807) is 0 Å². The van der Waals surface area contributed by atoms with Crippen LogP contribution in [0.2, 0.25) is 0 Å². The minimum atomic E-state index is -0.0877. The Morgan fingerprint density at radius 1 is 0.415 bits per heavy atom. The number of ketones is 2. The molecule has 0 radical (unpaired) electrons.